The number of hydrogen-bond donors (Lipinski definition) is 3. The number of fused-ring (bicyclic) bond motifs is 1. The second-order valence-electron chi connectivity index (χ2n) is 6.52. The number of carboxylic acid groups (broad SMARTS) is 2. The highest BCUT2D eigenvalue weighted by Gasteiger charge is 2.06. The number of rotatable bonds is 5. The molecule has 3 rings (SSSR count). The van der Waals surface area contributed by atoms with Crippen molar-refractivity contribution in [3.63, 3.8) is 0 Å². The predicted molar refractivity (Wildman–Crippen MR) is 105 cm³/mol. The second kappa shape index (κ2) is 9.54. The number of likely N-dealkylation sites (N-methyl/N-ethyl adjacent to an activating group) is 1. The molecule has 27 heavy (non-hydrogen) atoms. The van der Waals surface area contributed by atoms with Crippen LogP contribution in [0.1, 0.15) is 16.7 Å². The van der Waals surface area contributed by atoms with Crippen LogP contribution in [0.15, 0.2) is 54.7 Å². The number of aromatic nitrogens is 1. The van der Waals surface area contributed by atoms with Gasteiger partial charge in [0.05, 0.1) is 0 Å². The Morgan fingerprint density at radius 3 is 2.22 bits per heavy atom. The number of hydrogen-bond acceptors (Lipinski definition) is 3. The van der Waals surface area contributed by atoms with Gasteiger partial charge in [0.2, 0.25) is 0 Å². The molecule has 6 nitrogen and oxygen atoms in total. The maximum absolute atomic E-state index is 9.10. The standard InChI is InChI=1S/C19H22N2.C2H2O4/c1-21(2)11-10-17-14-20-19-9-8-16(13-18(17)19)12-15-6-4-3-5-7-15;3-1(4)2(5)6/h3-9,13-14,20H,10-12H2,1-2H3;(H,3,4)(H,5,6). The summed E-state index contributed by atoms with van der Waals surface area (Å²) in [5.74, 6) is -3.65. The van der Waals surface area contributed by atoms with E-state index in [0.29, 0.717) is 0 Å². The molecule has 0 fully saturated rings. The minimum absolute atomic E-state index is 0.995. The molecule has 142 valence electrons. The van der Waals surface area contributed by atoms with Gasteiger partial charge in [-0.05, 0) is 55.8 Å². The molecule has 1 aromatic heterocycles. The van der Waals surface area contributed by atoms with Gasteiger partial charge >= 0.3 is 11.9 Å². The molecule has 0 spiro atoms. The Balaban J connectivity index is 0.000000380. The molecule has 0 atom stereocenters. The number of nitrogens with one attached hydrogen (secondary N) is 1. The molecule has 1 heterocycles. The lowest BCUT2D eigenvalue weighted by Crippen LogP contribution is -2.14. The Morgan fingerprint density at radius 2 is 1.63 bits per heavy atom. The van der Waals surface area contributed by atoms with E-state index in [4.69, 9.17) is 19.8 Å². The van der Waals surface area contributed by atoms with Crippen LogP contribution in [0.4, 0.5) is 0 Å². The molecule has 0 amide bonds. The van der Waals surface area contributed by atoms with Gasteiger partial charge in [0.15, 0.2) is 0 Å². The van der Waals surface area contributed by atoms with E-state index in [1.807, 2.05) is 0 Å². The van der Waals surface area contributed by atoms with Crippen LogP contribution in [0, 0.1) is 0 Å². The highest BCUT2D eigenvalue weighted by Crippen LogP contribution is 2.22. The summed E-state index contributed by atoms with van der Waals surface area (Å²) in [5, 5.41) is 16.1. The number of H-pyrrole nitrogens is 1. The highest BCUT2D eigenvalue weighted by atomic mass is 16.4. The molecular formula is C21H24N2O4. The summed E-state index contributed by atoms with van der Waals surface area (Å²) in [4.78, 5) is 23.8. The third-order valence-electron chi connectivity index (χ3n) is 4.09. The van der Waals surface area contributed by atoms with E-state index in [1.165, 1.54) is 27.6 Å². The molecule has 0 aliphatic rings. The zero-order valence-corrected chi connectivity index (χ0v) is 15.5. The van der Waals surface area contributed by atoms with Crippen LogP contribution in [0.3, 0.4) is 0 Å². The number of aromatic amines is 1. The maximum atomic E-state index is 9.10. The van der Waals surface area contributed by atoms with E-state index in [0.717, 1.165) is 19.4 Å². The van der Waals surface area contributed by atoms with Crippen LogP contribution in [-0.2, 0) is 22.4 Å². The van der Waals surface area contributed by atoms with Gasteiger partial charge in [-0.3, -0.25) is 0 Å². The van der Waals surface area contributed by atoms with Crippen molar-refractivity contribution in [2.75, 3.05) is 20.6 Å². The Kier molecular flexibility index (Phi) is 7.14. The monoisotopic (exact) mass is 368 g/mol. The van der Waals surface area contributed by atoms with Crippen molar-refractivity contribution in [1.29, 1.82) is 0 Å². The Labute approximate surface area is 158 Å². The lowest BCUT2D eigenvalue weighted by Gasteiger charge is -2.08. The van der Waals surface area contributed by atoms with Gasteiger partial charge in [-0.25, -0.2) is 9.59 Å². The SMILES string of the molecule is CN(C)CCc1c[nH]c2ccc(Cc3ccccc3)cc12.O=C(O)C(=O)O. The molecule has 3 N–H and O–H groups in total. The fourth-order valence-corrected chi connectivity index (χ4v) is 2.72. The number of carboxylic acids is 2. The third-order valence-corrected chi connectivity index (χ3v) is 4.09. The van der Waals surface area contributed by atoms with Crippen molar-refractivity contribution in [3.05, 3.63) is 71.4 Å². The van der Waals surface area contributed by atoms with Crippen LogP contribution >= 0.6 is 0 Å². The number of aliphatic carboxylic acids is 2. The van der Waals surface area contributed by atoms with Crippen LogP contribution in [-0.4, -0.2) is 52.7 Å². The largest absolute Gasteiger partial charge is 0.473 e. The van der Waals surface area contributed by atoms with Crippen molar-refractivity contribution in [2.24, 2.45) is 0 Å². The van der Waals surface area contributed by atoms with Gasteiger partial charge < -0.3 is 20.1 Å². The van der Waals surface area contributed by atoms with Crippen molar-refractivity contribution < 1.29 is 19.8 Å². The van der Waals surface area contributed by atoms with Crippen molar-refractivity contribution in [3.8, 4) is 0 Å². The predicted octanol–water partition coefficient (Wildman–Crippen LogP) is 3.02. The number of benzene rings is 2. The molecule has 0 unspecified atom stereocenters. The fraction of sp³-hybridized carbons (Fsp3) is 0.238. The molecule has 0 aliphatic heterocycles. The van der Waals surface area contributed by atoms with E-state index in [9.17, 15) is 0 Å². The summed E-state index contributed by atoms with van der Waals surface area (Å²) in [7, 11) is 4.24. The molecule has 0 aliphatic carbocycles. The molecule has 0 bridgehead atoms. The minimum Gasteiger partial charge on any atom is -0.473 e. The lowest BCUT2D eigenvalue weighted by molar-refractivity contribution is -0.159. The Morgan fingerprint density at radius 1 is 0.963 bits per heavy atom. The molecule has 6 heteroatoms. The van der Waals surface area contributed by atoms with Crippen LogP contribution < -0.4 is 0 Å². The zero-order chi connectivity index (χ0) is 19.8. The average Bonchev–Trinajstić information content (AvgIpc) is 3.03. The first-order valence-electron chi connectivity index (χ1n) is 8.60. The second-order valence-corrected chi connectivity index (χ2v) is 6.52. The first kappa shape index (κ1) is 20.2. The Hall–Kier alpha value is -3.12. The zero-order valence-electron chi connectivity index (χ0n) is 15.5. The van der Waals surface area contributed by atoms with Gasteiger partial charge in [-0.15, -0.1) is 0 Å². The molecule has 2 aromatic carbocycles. The van der Waals surface area contributed by atoms with E-state index >= 15 is 0 Å². The summed E-state index contributed by atoms with van der Waals surface area (Å²) in [6, 6.07) is 17.4. The van der Waals surface area contributed by atoms with Gasteiger partial charge in [-0.2, -0.15) is 0 Å². The first-order valence-corrected chi connectivity index (χ1v) is 8.60. The van der Waals surface area contributed by atoms with E-state index in [2.05, 4.69) is 78.7 Å². The summed E-state index contributed by atoms with van der Waals surface area (Å²) in [5.41, 5.74) is 5.39. The van der Waals surface area contributed by atoms with Crippen LogP contribution in [0.2, 0.25) is 0 Å². The fourth-order valence-electron chi connectivity index (χ4n) is 2.72. The maximum Gasteiger partial charge on any atom is 0.414 e. The van der Waals surface area contributed by atoms with Gasteiger partial charge in [0.25, 0.3) is 0 Å². The van der Waals surface area contributed by atoms with E-state index in [1.54, 1.807) is 0 Å². The van der Waals surface area contributed by atoms with Crippen LogP contribution in [0.5, 0.6) is 0 Å². The van der Waals surface area contributed by atoms with E-state index in [-0.39, 0.29) is 0 Å². The summed E-state index contributed by atoms with van der Waals surface area (Å²) < 4.78 is 0. The first-order chi connectivity index (χ1) is 12.9. The normalized spacial score (nSPS) is 10.5. The summed E-state index contributed by atoms with van der Waals surface area (Å²) in [6.45, 7) is 1.08. The molecule has 0 saturated heterocycles. The molecule has 3 aromatic rings. The third kappa shape index (κ3) is 6.27. The van der Waals surface area contributed by atoms with Crippen molar-refractivity contribution in [1.82, 2.24) is 9.88 Å². The van der Waals surface area contributed by atoms with Crippen molar-refractivity contribution >= 4 is 22.8 Å². The van der Waals surface area contributed by atoms with E-state index < -0.39 is 11.9 Å². The summed E-state index contributed by atoms with van der Waals surface area (Å²) in [6.07, 6.45) is 4.23. The van der Waals surface area contributed by atoms with Crippen LogP contribution in [0.25, 0.3) is 10.9 Å². The highest BCUT2D eigenvalue weighted by molar-refractivity contribution is 6.27. The minimum atomic E-state index is -1.82. The number of nitrogens with zero attached hydrogens (tertiary/aromatic N) is 1. The topological polar surface area (TPSA) is 93.6 Å². The average molecular weight is 368 g/mol. The molecule has 0 radical (unpaired) electrons. The smallest absolute Gasteiger partial charge is 0.414 e. The van der Waals surface area contributed by atoms with Crippen molar-refractivity contribution in [2.45, 2.75) is 12.8 Å². The Bertz CT molecular complexity index is 889. The van der Waals surface area contributed by atoms with Gasteiger partial charge in [0.1, 0.15) is 0 Å². The molecule has 0 saturated carbocycles. The van der Waals surface area contributed by atoms with Gasteiger partial charge in [-0.1, -0.05) is 36.4 Å². The molecular weight excluding hydrogens is 344 g/mol. The quantitative estimate of drug-likeness (QED) is 0.602. The number of carbonyl (C=O) groups is 2. The summed E-state index contributed by atoms with van der Waals surface area (Å²) >= 11 is 0. The van der Waals surface area contributed by atoms with Gasteiger partial charge in [0, 0.05) is 23.6 Å². The lowest BCUT2D eigenvalue weighted by atomic mass is 10.0.